The maximum Gasteiger partial charge on any atom is 0.224 e. The fourth-order valence-electron chi connectivity index (χ4n) is 2.72. The fraction of sp³-hybridized carbons (Fsp3) is 0.412. The van der Waals surface area contributed by atoms with Gasteiger partial charge in [0.2, 0.25) is 11.8 Å². The molecule has 0 spiro atoms. The highest BCUT2D eigenvalue weighted by Gasteiger charge is 2.28. The van der Waals surface area contributed by atoms with E-state index in [-0.39, 0.29) is 30.2 Å². The lowest BCUT2D eigenvalue weighted by molar-refractivity contribution is -0.124. The second-order valence-corrected chi connectivity index (χ2v) is 5.48. The molecule has 0 fully saturated rings. The lowest BCUT2D eigenvalue weighted by atomic mass is 9.88. The molecule has 2 atom stereocenters. The molecule has 0 radical (unpaired) electrons. The SMILES string of the molecule is COc1ccc(CC(=O)N[C@@H]2CC=CC[C@H]2C(N)=O)c(OC)c1. The van der Waals surface area contributed by atoms with Gasteiger partial charge in [-0.1, -0.05) is 18.2 Å². The summed E-state index contributed by atoms with van der Waals surface area (Å²) in [7, 11) is 3.12. The van der Waals surface area contributed by atoms with Crippen LogP contribution in [0.1, 0.15) is 18.4 Å². The minimum atomic E-state index is -0.387. The Kier molecular flexibility index (Phi) is 5.62. The maximum absolute atomic E-state index is 12.3. The van der Waals surface area contributed by atoms with E-state index >= 15 is 0 Å². The Labute approximate surface area is 135 Å². The summed E-state index contributed by atoms with van der Waals surface area (Å²) < 4.78 is 10.4. The van der Waals surface area contributed by atoms with Gasteiger partial charge in [0.1, 0.15) is 11.5 Å². The summed E-state index contributed by atoms with van der Waals surface area (Å²) in [6, 6.07) is 5.05. The summed E-state index contributed by atoms with van der Waals surface area (Å²) in [5, 5.41) is 2.90. The Balaban J connectivity index is 2.04. The molecule has 1 aliphatic carbocycles. The van der Waals surface area contributed by atoms with Crippen molar-refractivity contribution in [1.82, 2.24) is 5.32 Å². The zero-order chi connectivity index (χ0) is 16.8. The Morgan fingerprint density at radius 2 is 1.96 bits per heavy atom. The largest absolute Gasteiger partial charge is 0.497 e. The maximum atomic E-state index is 12.3. The van der Waals surface area contributed by atoms with Crippen LogP contribution >= 0.6 is 0 Å². The molecule has 23 heavy (non-hydrogen) atoms. The predicted octanol–water partition coefficient (Wildman–Crippen LogP) is 1.18. The molecule has 6 nitrogen and oxygen atoms in total. The van der Waals surface area contributed by atoms with E-state index in [1.165, 1.54) is 0 Å². The number of amides is 2. The molecule has 1 aromatic carbocycles. The van der Waals surface area contributed by atoms with Crippen molar-refractivity contribution in [3.8, 4) is 11.5 Å². The van der Waals surface area contributed by atoms with E-state index in [1.54, 1.807) is 32.4 Å². The predicted molar refractivity (Wildman–Crippen MR) is 86.2 cm³/mol. The number of benzene rings is 1. The van der Waals surface area contributed by atoms with E-state index in [4.69, 9.17) is 15.2 Å². The van der Waals surface area contributed by atoms with E-state index < -0.39 is 0 Å². The zero-order valence-electron chi connectivity index (χ0n) is 13.4. The van der Waals surface area contributed by atoms with Crippen molar-refractivity contribution in [1.29, 1.82) is 0 Å². The highest BCUT2D eigenvalue weighted by Crippen LogP contribution is 2.25. The number of methoxy groups -OCH3 is 2. The van der Waals surface area contributed by atoms with Crippen LogP contribution in [0.15, 0.2) is 30.4 Å². The van der Waals surface area contributed by atoms with Gasteiger partial charge in [0, 0.05) is 17.7 Å². The van der Waals surface area contributed by atoms with E-state index in [9.17, 15) is 9.59 Å². The summed E-state index contributed by atoms with van der Waals surface area (Å²) in [5.74, 6) is 0.343. The number of carbonyl (C=O) groups excluding carboxylic acids is 2. The van der Waals surface area contributed by atoms with Crippen LogP contribution in [0.5, 0.6) is 11.5 Å². The first-order valence-electron chi connectivity index (χ1n) is 7.49. The molecule has 0 saturated carbocycles. The van der Waals surface area contributed by atoms with Crippen LogP contribution in [0.25, 0.3) is 0 Å². The van der Waals surface area contributed by atoms with Crippen molar-refractivity contribution in [3.63, 3.8) is 0 Å². The van der Waals surface area contributed by atoms with Crippen LogP contribution in [0.4, 0.5) is 0 Å². The van der Waals surface area contributed by atoms with Gasteiger partial charge in [-0.15, -0.1) is 0 Å². The molecule has 3 N–H and O–H groups in total. The van der Waals surface area contributed by atoms with Gasteiger partial charge in [0.05, 0.1) is 26.6 Å². The number of ether oxygens (including phenoxy) is 2. The third kappa shape index (κ3) is 4.25. The van der Waals surface area contributed by atoms with Crippen LogP contribution in [0.3, 0.4) is 0 Å². The zero-order valence-corrected chi connectivity index (χ0v) is 13.4. The van der Waals surface area contributed by atoms with E-state index in [0.29, 0.717) is 24.3 Å². The number of hydrogen-bond donors (Lipinski definition) is 2. The first-order valence-corrected chi connectivity index (χ1v) is 7.49. The average Bonchev–Trinajstić information content (AvgIpc) is 2.55. The van der Waals surface area contributed by atoms with Crippen molar-refractivity contribution in [2.45, 2.75) is 25.3 Å². The number of hydrogen-bond acceptors (Lipinski definition) is 4. The molecular weight excluding hydrogens is 296 g/mol. The highest BCUT2D eigenvalue weighted by molar-refractivity contribution is 5.82. The molecule has 124 valence electrons. The minimum Gasteiger partial charge on any atom is -0.497 e. The molecule has 6 heteroatoms. The first kappa shape index (κ1) is 16.9. The monoisotopic (exact) mass is 318 g/mol. The Morgan fingerprint density at radius 3 is 2.61 bits per heavy atom. The summed E-state index contributed by atoms with van der Waals surface area (Å²) in [6.45, 7) is 0. The fourth-order valence-corrected chi connectivity index (χ4v) is 2.72. The van der Waals surface area contributed by atoms with Gasteiger partial charge in [-0.05, 0) is 18.9 Å². The van der Waals surface area contributed by atoms with Crippen molar-refractivity contribution in [2.75, 3.05) is 14.2 Å². The Morgan fingerprint density at radius 1 is 1.22 bits per heavy atom. The van der Waals surface area contributed by atoms with Crippen LogP contribution in [-0.4, -0.2) is 32.1 Å². The molecular formula is C17H22N2O4. The van der Waals surface area contributed by atoms with Gasteiger partial charge in [-0.25, -0.2) is 0 Å². The van der Waals surface area contributed by atoms with Gasteiger partial charge in [0.15, 0.2) is 0 Å². The number of rotatable bonds is 6. The molecule has 1 aliphatic rings. The van der Waals surface area contributed by atoms with Crippen molar-refractivity contribution >= 4 is 11.8 Å². The second-order valence-electron chi connectivity index (χ2n) is 5.48. The number of nitrogens with one attached hydrogen (secondary N) is 1. The number of carbonyl (C=O) groups is 2. The Bertz CT molecular complexity index is 613. The normalized spacial score (nSPS) is 19.9. The van der Waals surface area contributed by atoms with E-state index in [1.807, 2.05) is 12.2 Å². The molecule has 2 rings (SSSR count). The lowest BCUT2D eigenvalue weighted by Gasteiger charge is -2.27. The van der Waals surface area contributed by atoms with Crippen LogP contribution in [-0.2, 0) is 16.0 Å². The summed E-state index contributed by atoms with van der Waals surface area (Å²) in [6.07, 6.45) is 5.22. The van der Waals surface area contributed by atoms with Gasteiger partial charge in [-0.3, -0.25) is 9.59 Å². The molecule has 0 unspecified atom stereocenters. The summed E-state index contributed by atoms with van der Waals surface area (Å²) in [5.41, 5.74) is 6.16. The second kappa shape index (κ2) is 7.67. The Hall–Kier alpha value is -2.50. The molecule has 0 aliphatic heterocycles. The van der Waals surface area contributed by atoms with Crippen molar-refractivity contribution < 1.29 is 19.1 Å². The third-order valence-corrected chi connectivity index (χ3v) is 3.99. The first-order chi connectivity index (χ1) is 11.0. The molecule has 0 saturated heterocycles. The number of primary amides is 1. The quantitative estimate of drug-likeness (QED) is 0.771. The van der Waals surface area contributed by atoms with Crippen LogP contribution < -0.4 is 20.5 Å². The van der Waals surface area contributed by atoms with E-state index in [2.05, 4.69) is 5.32 Å². The molecule has 0 bridgehead atoms. The molecule has 0 aromatic heterocycles. The molecule has 1 aromatic rings. The number of allylic oxidation sites excluding steroid dienone is 1. The summed E-state index contributed by atoms with van der Waals surface area (Å²) in [4.78, 5) is 23.8. The van der Waals surface area contributed by atoms with Gasteiger partial charge in [0.25, 0.3) is 0 Å². The third-order valence-electron chi connectivity index (χ3n) is 3.99. The van der Waals surface area contributed by atoms with Gasteiger partial charge in [-0.2, -0.15) is 0 Å². The topological polar surface area (TPSA) is 90.6 Å². The smallest absolute Gasteiger partial charge is 0.224 e. The highest BCUT2D eigenvalue weighted by atomic mass is 16.5. The minimum absolute atomic E-state index is 0.166. The molecule has 0 heterocycles. The van der Waals surface area contributed by atoms with Crippen molar-refractivity contribution in [2.24, 2.45) is 11.7 Å². The van der Waals surface area contributed by atoms with Gasteiger partial charge < -0.3 is 20.5 Å². The van der Waals surface area contributed by atoms with Crippen LogP contribution in [0, 0.1) is 5.92 Å². The molecule has 2 amide bonds. The van der Waals surface area contributed by atoms with Crippen LogP contribution in [0.2, 0.25) is 0 Å². The lowest BCUT2D eigenvalue weighted by Crippen LogP contribution is -2.46. The summed E-state index contributed by atoms with van der Waals surface area (Å²) >= 11 is 0. The van der Waals surface area contributed by atoms with Gasteiger partial charge >= 0.3 is 0 Å². The average molecular weight is 318 g/mol. The standard InChI is InChI=1S/C17H22N2O4/c1-22-12-8-7-11(15(10-12)23-2)9-16(20)19-14-6-4-3-5-13(14)17(18)21/h3-4,7-8,10,13-14H,5-6,9H2,1-2H3,(H2,18,21)(H,19,20)/t13-,14-/m1/s1. The van der Waals surface area contributed by atoms with Crippen molar-refractivity contribution in [3.05, 3.63) is 35.9 Å². The van der Waals surface area contributed by atoms with E-state index in [0.717, 1.165) is 5.56 Å². The number of nitrogens with two attached hydrogens (primary N) is 1.